The first-order chi connectivity index (χ1) is 8.19. The van der Waals surface area contributed by atoms with Crippen LogP contribution in [0.5, 0.6) is 11.5 Å². The van der Waals surface area contributed by atoms with Crippen LogP contribution in [0.25, 0.3) is 0 Å². The predicted octanol–water partition coefficient (Wildman–Crippen LogP) is 1.75. The summed E-state index contributed by atoms with van der Waals surface area (Å²) in [4.78, 5) is 2.27. The number of likely N-dealkylation sites (tertiary alicyclic amines) is 1. The van der Waals surface area contributed by atoms with Crippen molar-refractivity contribution < 1.29 is 9.47 Å². The topological polar surface area (TPSA) is 47.7 Å². The number of nitrogens with zero attached hydrogens (tertiary/aromatic N) is 1. The molecule has 4 nitrogen and oxygen atoms in total. The Morgan fingerprint density at radius 1 is 1.47 bits per heavy atom. The fraction of sp³-hybridized carbons (Fsp3) is 0.538. The summed E-state index contributed by atoms with van der Waals surface area (Å²) in [6.45, 7) is 4.63. The highest BCUT2D eigenvalue weighted by Crippen LogP contribution is 2.28. The van der Waals surface area contributed by atoms with E-state index >= 15 is 0 Å². The molecule has 0 radical (unpaired) electrons. The molecule has 1 fully saturated rings. The number of benzene rings is 1. The van der Waals surface area contributed by atoms with Crippen LogP contribution in [-0.2, 0) is 0 Å². The van der Waals surface area contributed by atoms with Crippen molar-refractivity contribution in [2.75, 3.05) is 32.5 Å². The van der Waals surface area contributed by atoms with E-state index in [0.717, 1.165) is 25.3 Å². The van der Waals surface area contributed by atoms with E-state index in [1.807, 2.05) is 25.1 Å². The van der Waals surface area contributed by atoms with Crippen molar-refractivity contribution in [2.24, 2.45) is 0 Å². The third-order valence-electron chi connectivity index (χ3n) is 2.94. The highest BCUT2D eigenvalue weighted by atomic mass is 16.5. The second-order valence-electron chi connectivity index (χ2n) is 4.42. The van der Waals surface area contributed by atoms with E-state index in [1.165, 1.54) is 0 Å². The van der Waals surface area contributed by atoms with E-state index in [1.54, 1.807) is 0 Å². The van der Waals surface area contributed by atoms with Crippen LogP contribution in [0.15, 0.2) is 18.2 Å². The zero-order valence-corrected chi connectivity index (χ0v) is 10.5. The van der Waals surface area contributed by atoms with Gasteiger partial charge in [0.1, 0.15) is 17.6 Å². The van der Waals surface area contributed by atoms with Gasteiger partial charge < -0.3 is 20.1 Å². The standard InChI is InChI=1S/C13H20N2O2/c1-3-16-13-8-10(4-5-12(13)14)17-11-6-7-15(2)9-11/h4-5,8,11H,3,6-7,9,14H2,1-2H3/t11-/m0/s1. The Labute approximate surface area is 102 Å². The summed E-state index contributed by atoms with van der Waals surface area (Å²) in [7, 11) is 2.11. The van der Waals surface area contributed by atoms with Gasteiger partial charge in [0.15, 0.2) is 0 Å². The van der Waals surface area contributed by atoms with E-state index < -0.39 is 0 Å². The molecule has 1 heterocycles. The van der Waals surface area contributed by atoms with Crippen molar-refractivity contribution in [3.63, 3.8) is 0 Å². The molecule has 1 aliphatic rings. The molecular weight excluding hydrogens is 216 g/mol. The molecule has 1 aromatic carbocycles. The third-order valence-corrected chi connectivity index (χ3v) is 2.94. The van der Waals surface area contributed by atoms with Gasteiger partial charge in [-0.1, -0.05) is 0 Å². The van der Waals surface area contributed by atoms with Gasteiger partial charge in [-0.15, -0.1) is 0 Å². The van der Waals surface area contributed by atoms with Gasteiger partial charge in [-0.05, 0) is 32.5 Å². The first-order valence-corrected chi connectivity index (χ1v) is 6.06. The Hall–Kier alpha value is -1.42. The summed E-state index contributed by atoms with van der Waals surface area (Å²) in [5.41, 5.74) is 6.47. The Morgan fingerprint density at radius 3 is 2.94 bits per heavy atom. The first-order valence-electron chi connectivity index (χ1n) is 6.06. The van der Waals surface area contributed by atoms with Gasteiger partial charge in [-0.3, -0.25) is 0 Å². The highest BCUT2D eigenvalue weighted by molar-refractivity contribution is 5.55. The van der Waals surface area contributed by atoms with E-state index in [2.05, 4.69) is 11.9 Å². The molecule has 0 aliphatic carbocycles. The maximum Gasteiger partial charge on any atom is 0.145 e. The summed E-state index contributed by atoms with van der Waals surface area (Å²) >= 11 is 0. The van der Waals surface area contributed by atoms with Crippen LogP contribution in [0, 0.1) is 0 Å². The van der Waals surface area contributed by atoms with Crippen molar-refractivity contribution in [3.05, 3.63) is 18.2 Å². The molecule has 17 heavy (non-hydrogen) atoms. The summed E-state index contributed by atoms with van der Waals surface area (Å²) in [6, 6.07) is 5.60. The number of nitrogens with two attached hydrogens (primary N) is 1. The van der Waals surface area contributed by atoms with Crippen LogP contribution in [-0.4, -0.2) is 37.7 Å². The van der Waals surface area contributed by atoms with E-state index in [4.69, 9.17) is 15.2 Å². The van der Waals surface area contributed by atoms with Crippen LogP contribution in [0.4, 0.5) is 5.69 Å². The summed E-state index contributed by atoms with van der Waals surface area (Å²) in [6.07, 6.45) is 1.35. The third kappa shape index (κ3) is 3.03. The number of hydrogen-bond acceptors (Lipinski definition) is 4. The molecule has 2 rings (SSSR count). The lowest BCUT2D eigenvalue weighted by molar-refractivity contribution is 0.207. The average molecular weight is 236 g/mol. The Kier molecular flexibility index (Phi) is 3.74. The van der Waals surface area contributed by atoms with Gasteiger partial charge in [0.05, 0.1) is 12.3 Å². The fourth-order valence-corrected chi connectivity index (χ4v) is 2.05. The number of rotatable bonds is 4. The van der Waals surface area contributed by atoms with Crippen LogP contribution >= 0.6 is 0 Å². The average Bonchev–Trinajstić information content (AvgIpc) is 2.69. The summed E-state index contributed by atoms with van der Waals surface area (Å²) in [5.74, 6) is 1.54. The fourth-order valence-electron chi connectivity index (χ4n) is 2.05. The van der Waals surface area contributed by atoms with E-state index in [-0.39, 0.29) is 6.10 Å². The highest BCUT2D eigenvalue weighted by Gasteiger charge is 2.21. The minimum absolute atomic E-state index is 0.276. The Balaban J connectivity index is 2.03. The van der Waals surface area contributed by atoms with Crippen molar-refractivity contribution in [1.29, 1.82) is 0 Å². The normalized spacial score (nSPS) is 20.5. The minimum atomic E-state index is 0.276. The van der Waals surface area contributed by atoms with Gasteiger partial charge in [0, 0.05) is 19.2 Å². The zero-order chi connectivity index (χ0) is 12.3. The quantitative estimate of drug-likeness (QED) is 0.809. The second-order valence-corrected chi connectivity index (χ2v) is 4.42. The molecule has 0 amide bonds. The molecule has 0 aromatic heterocycles. The largest absolute Gasteiger partial charge is 0.492 e. The number of hydrogen-bond donors (Lipinski definition) is 1. The van der Waals surface area contributed by atoms with Crippen molar-refractivity contribution in [1.82, 2.24) is 4.90 Å². The molecule has 1 aliphatic heterocycles. The zero-order valence-electron chi connectivity index (χ0n) is 10.5. The Morgan fingerprint density at radius 2 is 2.29 bits per heavy atom. The molecule has 0 bridgehead atoms. The van der Waals surface area contributed by atoms with Crippen LogP contribution in [0.2, 0.25) is 0 Å². The maximum absolute atomic E-state index is 5.91. The monoisotopic (exact) mass is 236 g/mol. The maximum atomic E-state index is 5.91. The lowest BCUT2D eigenvalue weighted by Gasteiger charge is -2.15. The van der Waals surface area contributed by atoms with Crippen molar-refractivity contribution in [2.45, 2.75) is 19.4 Å². The molecule has 1 saturated heterocycles. The number of anilines is 1. The molecule has 0 unspecified atom stereocenters. The van der Waals surface area contributed by atoms with Gasteiger partial charge in [0.25, 0.3) is 0 Å². The van der Waals surface area contributed by atoms with E-state index in [0.29, 0.717) is 18.0 Å². The molecule has 4 heteroatoms. The van der Waals surface area contributed by atoms with Gasteiger partial charge in [-0.2, -0.15) is 0 Å². The molecule has 2 N–H and O–H groups in total. The number of ether oxygens (including phenoxy) is 2. The predicted molar refractivity (Wildman–Crippen MR) is 68.6 cm³/mol. The van der Waals surface area contributed by atoms with Crippen LogP contribution < -0.4 is 15.2 Å². The van der Waals surface area contributed by atoms with E-state index in [9.17, 15) is 0 Å². The van der Waals surface area contributed by atoms with Crippen LogP contribution in [0.3, 0.4) is 0 Å². The molecule has 1 aromatic rings. The first kappa shape index (κ1) is 12.0. The second kappa shape index (κ2) is 5.27. The number of nitrogen functional groups attached to an aromatic ring is 1. The summed E-state index contributed by atoms with van der Waals surface area (Å²) in [5, 5.41) is 0. The molecule has 0 saturated carbocycles. The molecule has 1 atom stereocenters. The smallest absolute Gasteiger partial charge is 0.145 e. The molecule has 0 spiro atoms. The van der Waals surface area contributed by atoms with Gasteiger partial charge >= 0.3 is 0 Å². The molecule has 94 valence electrons. The minimum Gasteiger partial charge on any atom is -0.492 e. The SMILES string of the molecule is CCOc1cc(O[C@H]2CCN(C)C2)ccc1N. The summed E-state index contributed by atoms with van der Waals surface area (Å²) < 4.78 is 11.4. The molecular formula is C13H20N2O2. The van der Waals surface area contributed by atoms with Gasteiger partial charge in [-0.25, -0.2) is 0 Å². The Bertz CT molecular complexity index is 382. The van der Waals surface area contributed by atoms with Crippen LogP contribution in [0.1, 0.15) is 13.3 Å². The lowest BCUT2D eigenvalue weighted by Crippen LogP contribution is -2.21. The number of likely N-dealkylation sites (N-methyl/N-ethyl adjacent to an activating group) is 1. The van der Waals surface area contributed by atoms with Gasteiger partial charge in [0.2, 0.25) is 0 Å². The van der Waals surface area contributed by atoms with Crippen molar-refractivity contribution in [3.8, 4) is 11.5 Å². The lowest BCUT2D eigenvalue weighted by atomic mass is 10.2. The van der Waals surface area contributed by atoms with Crippen molar-refractivity contribution >= 4 is 5.69 Å².